The molecular weight excluding hydrogens is 395 g/mol. The molecule has 1 fully saturated rings. The van der Waals surface area contributed by atoms with Crippen LogP contribution in [0.5, 0.6) is 0 Å². The van der Waals surface area contributed by atoms with Gasteiger partial charge in [-0.1, -0.05) is 15.9 Å². The Balaban J connectivity index is 0.00000180. The van der Waals surface area contributed by atoms with E-state index < -0.39 is 0 Å². The molecule has 0 saturated heterocycles. The van der Waals surface area contributed by atoms with Gasteiger partial charge in [0.05, 0.1) is 11.8 Å². The van der Waals surface area contributed by atoms with Crippen LogP contribution in [-0.4, -0.2) is 17.3 Å². The van der Waals surface area contributed by atoms with E-state index in [-0.39, 0.29) is 18.5 Å². The van der Waals surface area contributed by atoms with Crippen molar-refractivity contribution in [2.75, 3.05) is 5.73 Å². The molecule has 0 aliphatic heterocycles. The number of nitrogen functional groups attached to an aromatic ring is 1. The lowest BCUT2D eigenvalue weighted by Gasteiger charge is -2.26. The summed E-state index contributed by atoms with van der Waals surface area (Å²) in [6.45, 7) is 0.768. The van der Waals surface area contributed by atoms with E-state index in [1.54, 1.807) is 0 Å². The number of aliphatic hydroxyl groups is 1. The molecule has 0 amide bonds. The summed E-state index contributed by atoms with van der Waals surface area (Å²) < 4.78 is 1.95. The van der Waals surface area contributed by atoms with Gasteiger partial charge in [0.2, 0.25) is 0 Å². The fourth-order valence-corrected chi connectivity index (χ4v) is 3.63. The van der Waals surface area contributed by atoms with Crippen molar-refractivity contribution in [3.8, 4) is 0 Å². The summed E-state index contributed by atoms with van der Waals surface area (Å²) in [5, 5.41) is 13.0. The first-order valence-corrected chi connectivity index (χ1v) is 7.79. The first-order valence-electron chi connectivity index (χ1n) is 6.21. The molecule has 1 aromatic rings. The van der Waals surface area contributed by atoms with Crippen LogP contribution in [0.3, 0.4) is 0 Å². The Morgan fingerprint density at radius 3 is 2.47 bits per heavy atom. The molecule has 1 aromatic carbocycles. The number of halogens is 3. The number of benzene rings is 1. The molecule has 1 aliphatic carbocycles. The lowest BCUT2D eigenvalue weighted by Crippen LogP contribution is -3.00. The highest BCUT2D eigenvalue weighted by Crippen LogP contribution is 2.28. The zero-order chi connectivity index (χ0) is 13.1. The van der Waals surface area contributed by atoms with Crippen molar-refractivity contribution in [2.24, 2.45) is 0 Å². The van der Waals surface area contributed by atoms with Crippen molar-refractivity contribution in [1.82, 2.24) is 5.32 Å². The van der Waals surface area contributed by atoms with Gasteiger partial charge in [-0.2, -0.15) is 0 Å². The van der Waals surface area contributed by atoms with E-state index in [0.29, 0.717) is 6.04 Å². The maximum absolute atomic E-state index is 9.47. The van der Waals surface area contributed by atoms with Crippen LogP contribution in [0.4, 0.5) is 5.69 Å². The Labute approximate surface area is 137 Å². The van der Waals surface area contributed by atoms with Gasteiger partial charge in [-0.25, -0.2) is 0 Å². The Morgan fingerprint density at radius 2 is 1.84 bits per heavy atom. The minimum atomic E-state index is -0.104. The van der Waals surface area contributed by atoms with Crippen LogP contribution in [0.15, 0.2) is 21.1 Å². The van der Waals surface area contributed by atoms with Gasteiger partial charge < -0.3 is 28.6 Å². The molecule has 3 nitrogen and oxygen atoms in total. The summed E-state index contributed by atoms with van der Waals surface area (Å²) >= 11 is 6.93. The molecule has 0 unspecified atom stereocenters. The predicted octanol–water partition coefficient (Wildman–Crippen LogP) is 0.191. The van der Waals surface area contributed by atoms with E-state index in [4.69, 9.17) is 5.73 Å². The predicted molar refractivity (Wildman–Crippen MR) is 81.4 cm³/mol. The summed E-state index contributed by atoms with van der Waals surface area (Å²) in [4.78, 5) is 0. The first-order chi connectivity index (χ1) is 8.56. The summed E-state index contributed by atoms with van der Waals surface area (Å²) in [5.74, 6) is 0. The molecule has 0 bridgehead atoms. The highest BCUT2D eigenvalue weighted by atomic mass is 79.9. The molecule has 0 spiro atoms. The molecule has 0 heterocycles. The Morgan fingerprint density at radius 1 is 1.21 bits per heavy atom. The molecule has 19 heavy (non-hydrogen) atoms. The van der Waals surface area contributed by atoms with Crippen molar-refractivity contribution in [2.45, 2.75) is 44.4 Å². The monoisotopic (exact) mass is 411 g/mol. The summed E-state index contributed by atoms with van der Waals surface area (Å²) in [7, 11) is 0. The lowest BCUT2D eigenvalue weighted by atomic mass is 9.93. The maximum atomic E-state index is 9.47. The van der Waals surface area contributed by atoms with Gasteiger partial charge in [0.1, 0.15) is 0 Å². The van der Waals surface area contributed by atoms with Gasteiger partial charge in [-0.05, 0) is 59.3 Å². The van der Waals surface area contributed by atoms with Gasteiger partial charge >= 0.3 is 0 Å². The van der Waals surface area contributed by atoms with E-state index in [1.165, 1.54) is 0 Å². The topological polar surface area (TPSA) is 58.3 Å². The molecule has 0 atom stereocenters. The number of hydrogen-bond donors (Lipinski definition) is 3. The Bertz CT molecular complexity index is 423. The highest BCUT2D eigenvalue weighted by Gasteiger charge is 2.19. The van der Waals surface area contributed by atoms with Crippen LogP contribution in [0.2, 0.25) is 0 Å². The quantitative estimate of drug-likeness (QED) is 0.620. The van der Waals surface area contributed by atoms with Crippen LogP contribution in [0.25, 0.3) is 0 Å². The lowest BCUT2D eigenvalue weighted by molar-refractivity contribution is -0.00000589. The van der Waals surface area contributed by atoms with Crippen LogP contribution < -0.4 is 23.5 Å². The SMILES string of the molecule is Nc1c(Br)cc(Br)cc1CNC1CCC(O)CC1.[Cl-]. The number of hydrogen-bond acceptors (Lipinski definition) is 3. The maximum Gasteiger partial charge on any atom is 0.0541 e. The molecule has 6 heteroatoms. The Hall–Kier alpha value is 0.190. The van der Waals surface area contributed by atoms with E-state index in [0.717, 1.165) is 52.4 Å². The third kappa shape index (κ3) is 4.90. The van der Waals surface area contributed by atoms with Gasteiger partial charge in [0.15, 0.2) is 0 Å². The fourth-order valence-electron chi connectivity index (χ4n) is 2.32. The number of rotatable bonds is 3. The van der Waals surface area contributed by atoms with E-state index >= 15 is 0 Å². The molecule has 0 aromatic heterocycles. The first kappa shape index (κ1) is 17.2. The third-order valence-electron chi connectivity index (χ3n) is 3.46. The average molecular weight is 414 g/mol. The van der Waals surface area contributed by atoms with E-state index in [1.807, 2.05) is 12.1 Å². The second-order valence-corrected chi connectivity index (χ2v) is 6.62. The highest BCUT2D eigenvalue weighted by molar-refractivity contribution is 9.11. The smallest absolute Gasteiger partial charge is 0.0541 e. The molecule has 4 N–H and O–H groups in total. The molecular formula is C13H18Br2ClN2O-. The van der Waals surface area contributed by atoms with Crippen LogP contribution in [0.1, 0.15) is 31.2 Å². The summed E-state index contributed by atoms with van der Waals surface area (Å²) in [6.07, 6.45) is 3.77. The Kier molecular flexibility index (Phi) is 7.11. The van der Waals surface area contributed by atoms with Gasteiger partial charge in [0, 0.05) is 21.5 Å². The zero-order valence-electron chi connectivity index (χ0n) is 10.5. The molecule has 0 radical (unpaired) electrons. The molecule has 108 valence electrons. The van der Waals surface area contributed by atoms with Crippen LogP contribution in [-0.2, 0) is 6.54 Å². The summed E-state index contributed by atoms with van der Waals surface area (Å²) in [5.41, 5.74) is 7.93. The van der Waals surface area contributed by atoms with Gasteiger partial charge in [0.25, 0.3) is 0 Å². The van der Waals surface area contributed by atoms with Gasteiger partial charge in [-0.3, -0.25) is 0 Å². The average Bonchev–Trinajstić information content (AvgIpc) is 2.34. The fraction of sp³-hybridized carbons (Fsp3) is 0.538. The molecule has 1 saturated carbocycles. The second kappa shape index (κ2) is 7.84. The summed E-state index contributed by atoms with van der Waals surface area (Å²) in [6, 6.07) is 4.49. The van der Waals surface area contributed by atoms with Crippen LogP contribution >= 0.6 is 31.9 Å². The largest absolute Gasteiger partial charge is 1.00 e. The van der Waals surface area contributed by atoms with Crippen molar-refractivity contribution in [1.29, 1.82) is 0 Å². The second-order valence-electron chi connectivity index (χ2n) is 4.85. The van der Waals surface area contributed by atoms with Crippen molar-refractivity contribution < 1.29 is 17.5 Å². The number of aliphatic hydroxyl groups excluding tert-OH is 1. The minimum Gasteiger partial charge on any atom is -1.00 e. The van der Waals surface area contributed by atoms with E-state index in [2.05, 4.69) is 37.2 Å². The molecule has 2 rings (SSSR count). The van der Waals surface area contributed by atoms with E-state index in [9.17, 15) is 5.11 Å². The van der Waals surface area contributed by atoms with Crippen molar-refractivity contribution in [3.05, 3.63) is 26.6 Å². The van der Waals surface area contributed by atoms with Crippen molar-refractivity contribution in [3.63, 3.8) is 0 Å². The van der Waals surface area contributed by atoms with Crippen LogP contribution in [0, 0.1) is 0 Å². The number of nitrogens with two attached hydrogens (primary N) is 1. The third-order valence-corrected chi connectivity index (χ3v) is 4.57. The normalized spacial score (nSPS) is 22.9. The van der Waals surface area contributed by atoms with Gasteiger partial charge in [-0.15, -0.1) is 0 Å². The molecule has 1 aliphatic rings. The minimum absolute atomic E-state index is 0. The number of nitrogens with one attached hydrogen (secondary N) is 1. The standard InChI is InChI=1S/C13H18Br2N2O.ClH/c14-9-5-8(13(16)12(15)6-9)7-17-10-1-3-11(18)4-2-10;/h5-6,10-11,17-18H,1-4,7,16H2;1H/p-1. The van der Waals surface area contributed by atoms with Crippen molar-refractivity contribution >= 4 is 37.5 Å². The number of anilines is 1. The zero-order valence-corrected chi connectivity index (χ0v) is 14.4.